The van der Waals surface area contributed by atoms with Crippen LogP contribution in [0.25, 0.3) is 5.57 Å². The van der Waals surface area contributed by atoms with Crippen molar-refractivity contribution in [3.05, 3.63) is 102 Å². The monoisotopic (exact) mass is 563 g/mol. The molecule has 1 unspecified atom stereocenters. The maximum absolute atomic E-state index is 15.1. The number of nitrogens with one attached hydrogen (secondary N) is 1. The quantitative estimate of drug-likeness (QED) is 0.256. The van der Waals surface area contributed by atoms with Crippen LogP contribution in [0.15, 0.2) is 67.1 Å². The lowest BCUT2D eigenvalue weighted by Gasteiger charge is -2.37. The van der Waals surface area contributed by atoms with Crippen molar-refractivity contribution in [3.8, 4) is 11.5 Å². The standard InChI is InChI=1S/C30H28F3N5O3/c1-3-18-12-21(29-35-16-28(40-2)30(37-29)36-26-8-9-34-15-25(26)33)20-6-4-5-7-27(20)38(18)17-22-23(31)13-19(14-24(22)32)41-11-10-39/h4-9,12-16,18,39H,3,10-11,17H2,1-2H3,(H,34,35,36,37). The number of anilines is 3. The number of para-hydroxylation sites is 1. The number of nitrogens with zero attached hydrogens (tertiary/aromatic N) is 4. The van der Waals surface area contributed by atoms with E-state index in [2.05, 4.69) is 20.3 Å². The third kappa shape index (κ3) is 5.80. The fraction of sp³-hybridized carbons (Fsp3) is 0.233. The van der Waals surface area contributed by atoms with Crippen molar-refractivity contribution >= 4 is 22.8 Å². The topological polar surface area (TPSA) is 92.6 Å². The predicted molar refractivity (Wildman–Crippen MR) is 149 cm³/mol. The molecule has 0 amide bonds. The molecule has 2 N–H and O–H groups in total. The van der Waals surface area contributed by atoms with Gasteiger partial charge in [-0.3, -0.25) is 4.98 Å². The van der Waals surface area contributed by atoms with Gasteiger partial charge in [0.15, 0.2) is 23.2 Å². The second-order valence-electron chi connectivity index (χ2n) is 9.23. The smallest absolute Gasteiger partial charge is 0.179 e. The van der Waals surface area contributed by atoms with Gasteiger partial charge in [-0.2, -0.15) is 0 Å². The molecule has 0 saturated carbocycles. The van der Waals surface area contributed by atoms with E-state index in [9.17, 15) is 4.39 Å². The first-order valence-electron chi connectivity index (χ1n) is 13.0. The number of pyridine rings is 1. The van der Waals surface area contributed by atoms with E-state index in [4.69, 9.17) is 14.6 Å². The molecule has 8 nitrogen and oxygen atoms in total. The number of benzene rings is 2. The van der Waals surface area contributed by atoms with Crippen LogP contribution in [0.3, 0.4) is 0 Å². The van der Waals surface area contributed by atoms with Gasteiger partial charge in [-0.15, -0.1) is 0 Å². The average Bonchev–Trinajstić information content (AvgIpc) is 2.98. The zero-order chi connectivity index (χ0) is 28.9. The number of aliphatic hydroxyl groups excluding tert-OH is 1. The Kier molecular flexibility index (Phi) is 8.34. The second-order valence-corrected chi connectivity index (χ2v) is 9.23. The number of methoxy groups -OCH3 is 1. The fourth-order valence-corrected chi connectivity index (χ4v) is 4.73. The van der Waals surface area contributed by atoms with E-state index in [1.165, 1.54) is 25.6 Å². The van der Waals surface area contributed by atoms with Gasteiger partial charge >= 0.3 is 0 Å². The minimum absolute atomic E-state index is 0.0128. The average molecular weight is 564 g/mol. The summed E-state index contributed by atoms with van der Waals surface area (Å²) in [7, 11) is 1.47. The highest BCUT2D eigenvalue weighted by Gasteiger charge is 2.29. The highest BCUT2D eigenvalue weighted by Crippen LogP contribution is 2.40. The van der Waals surface area contributed by atoms with Crippen molar-refractivity contribution in [1.82, 2.24) is 15.0 Å². The molecule has 0 aliphatic carbocycles. The molecule has 41 heavy (non-hydrogen) atoms. The van der Waals surface area contributed by atoms with Crippen molar-refractivity contribution in [2.75, 3.05) is 30.5 Å². The zero-order valence-corrected chi connectivity index (χ0v) is 22.4. The maximum Gasteiger partial charge on any atom is 0.179 e. The van der Waals surface area contributed by atoms with E-state index >= 15 is 8.78 Å². The number of ether oxygens (including phenoxy) is 2. The van der Waals surface area contributed by atoms with Gasteiger partial charge in [0.2, 0.25) is 0 Å². The summed E-state index contributed by atoms with van der Waals surface area (Å²) in [6.07, 6.45) is 6.66. The fourth-order valence-electron chi connectivity index (χ4n) is 4.73. The van der Waals surface area contributed by atoms with Crippen molar-refractivity contribution in [1.29, 1.82) is 0 Å². The maximum atomic E-state index is 15.1. The van der Waals surface area contributed by atoms with Gasteiger partial charge in [-0.05, 0) is 18.6 Å². The molecule has 2 aromatic carbocycles. The van der Waals surface area contributed by atoms with Crippen molar-refractivity contribution < 1.29 is 27.8 Å². The van der Waals surface area contributed by atoms with E-state index in [-0.39, 0.29) is 48.6 Å². The van der Waals surface area contributed by atoms with Crippen molar-refractivity contribution in [2.45, 2.75) is 25.9 Å². The summed E-state index contributed by atoms with van der Waals surface area (Å²) in [5, 5.41) is 11.9. The molecule has 0 saturated heterocycles. The minimum atomic E-state index is -0.738. The lowest BCUT2D eigenvalue weighted by molar-refractivity contribution is 0.200. The Hall–Kier alpha value is -4.64. The van der Waals surface area contributed by atoms with E-state index in [0.717, 1.165) is 35.2 Å². The molecule has 1 atom stereocenters. The molecule has 2 aromatic heterocycles. The number of hydrogen-bond donors (Lipinski definition) is 2. The van der Waals surface area contributed by atoms with Crippen LogP contribution in [0.2, 0.25) is 0 Å². The van der Waals surface area contributed by atoms with Crippen molar-refractivity contribution in [2.24, 2.45) is 0 Å². The van der Waals surface area contributed by atoms with Gasteiger partial charge in [0.1, 0.15) is 24.0 Å². The molecular weight excluding hydrogens is 535 g/mol. The largest absolute Gasteiger partial charge is 0.491 e. The summed E-state index contributed by atoms with van der Waals surface area (Å²) in [6, 6.07) is 11.0. The van der Waals surface area contributed by atoms with Crippen LogP contribution in [0, 0.1) is 17.5 Å². The predicted octanol–water partition coefficient (Wildman–Crippen LogP) is 5.64. The van der Waals surface area contributed by atoms with E-state index in [1.54, 1.807) is 0 Å². The molecule has 5 rings (SSSR count). The van der Waals surface area contributed by atoms with Gasteiger partial charge in [-0.25, -0.2) is 23.1 Å². The van der Waals surface area contributed by atoms with Crippen LogP contribution in [0.1, 0.15) is 30.3 Å². The molecule has 0 fully saturated rings. The van der Waals surface area contributed by atoms with E-state index in [0.29, 0.717) is 18.0 Å². The summed E-state index contributed by atoms with van der Waals surface area (Å²) in [4.78, 5) is 14.9. The van der Waals surface area contributed by atoms with Crippen LogP contribution in [-0.4, -0.2) is 46.4 Å². The Labute approximate surface area is 235 Å². The number of rotatable bonds is 10. The first kappa shape index (κ1) is 27.9. The molecule has 0 bridgehead atoms. The molecule has 4 aromatic rings. The van der Waals surface area contributed by atoms with Crippen molar-refractivity contribution in [3.63, 3.8) is 0 Å². The van der Waals surface area contributed by atoms with Gasteiger partial charge < -0.3 is 24.8 Å². The summed E-state index contributed by atoms with van der Waals surface area (Å²) in [6.45, 7) is 1.62. The van der Waals surface area contributed by atoms with Crippen LogP contribution in [0.5, 0.6) is 11.5 Å². The van der Waals surface area contributed by atoms with E-state index in [1.807, 2.05) is 42.2 Å². The summed E-state index contributed by atoms with van der Waals surface area (Å²) >= 11 is 0. The highest BCUT2D eigenvalue weighted by atomic mass is 19.1. The van der Waals surface area contributed by atoms with Gasteiger partial charge in [-0.1, -0.05) is 31.2 Å². The van der Waals surface area contributed by atoms with E-state index < -0.39 is 17.5 Å². The van der Waals surface area contributed by atoms with Crippen LogP contribution >= 0.6 is 0 Å². The lowest BCUT2D eigenvalue weighted by Crippen LogP contribution is -2.37. The Balaban J connectivity index is 1.52. The summed E-state index contributed by atoms with van der Waals surface area (Å²) < 4.78 is 55.1. The molecule has 1 aliphatic heterocycles. The van der Waals surface area contributed by atoms with Crippen LogP contribution < -0.4 is 19.7 Å². The third-order valence-electron chi connectivity index (χ3n) is 6.73. The number of halogens is 3. The molecule has 0 spiro atoms. The zero-order valence-electron chi connectivity index (χ0n) is 22.4. The number of hydrogen-bond acceptors (Lipinski definition) is 8. The minimum Gasteiger partial charge on any atom is -0.491 e. The number of aromatic nitrogens is 3. The summed E-state index contributed by atoms with van der Waals surface area (Å²) in [5.41, 5.74) is 2.32. The molecule has 11 heteroatoms. The van der Waals surface area contributed by atoms with Gasteiger partial charge in [0, 0.05) is 53.3 Å². The van der Waals surface area contributed by atoms with Gasteiger partial charge in [0.25, 0.3) is 0 Å². The first-order chi connectivity index (χ1) is 19.9. The second kappa shape index (κ2) is 12.3. The molecule has 3 heterocycles. The van der Waals surface area contributed by atoms with Gasteiger partial charge in [0.05, 0.1) is 31.8 Å². The Morgan fingerprint density at radius 2 is 1.83 bits per heavy atom. The highest BCUT2D eigenvalue weighted by molar-refractivity contribution is 5.88. The molecule has 1 aliphatic rings. The SMILES string of the molecule is CCC1C=C(c2ncc(OC)c(Nc3ccncc3F)n2)c2ccccc2N1Cc1c(F)cc(OCCO)cc1F. The number of fused-ring (bicyclic) bond motifs is 1. The van der Waals surface area contributed by atoms with Crippen LogP contribution in [-0.2, 0) is 6.54 Å². The molecule has 0 radical (unpaired) electrons. The lowest BCUT2D eigenvalue weighted by atomic mass is 9.92. The normalized spacial score (nSPS) is 14.3. The molecule has 212 valence electrons. The Morgan fingerprint density at radius 1 is 1.05 bits per heavy atom. The third-order valence-corrected chi connectivity index (χ3v) is 6.73. The number of aliphatic hydroxyl groups is 1. The Morgan fingerprint density at radius 3 is 2.54 bits per heavy atom. The Bertz CT molecular complexity index is 1560. The summed E-state index contributed by atoms with van der Waals surface area (Å²) in [5.74, 6) is -1.05. The first-order valence-corrected chi connectivity index (χ1v) is 13.0. The van der Waals surface area contributed by atoms with Crippen LogP contribution in [0.4, 0.5) is 30.4 Å². The molecular formula is C30H28F3N5O3.